The standard InChI is InChI=1S/C30H32N2O5/c1-4-6-18-36-24-17-14-21(19-25(24)35-5-2)27-26-28(37-32(27)23-10-8-7-9-11-23)30(34)31(29(26)33)22-15-12-20(3)13-16-22/h7-17,19,26-28H,4-6,18H2,1-3H3/t26-,27-,28+/m1/s1. The van der Waals surface area contributed by atoms with E-state index in [9.17, 15) is 9.59 Å². The van der Waals surface area contributed by atoms with E-state index in [1.165, 1.54) is 4.90 Å². The number of carbonyl (C=O) groups is 2. The van der Waals surface area contributed by atoms with E-state index in [4.69, 9.17) is 14.3 Å². The molecule has 0 unspecified atom stereocenters. The lowest BCUT2D eigenvalue weighted by atomic mass is 9.90. The minimum atomic E-state index is -0.921. The third-order valence-corrected chi connectivity index (χ3v) is 6.78. The summed E-state index contributed by atoms with van der Waals surface area (Å²) < 4.78 is 11.9. The van der Waals surface area contributed by atoms with Crippen molar-refractivity contribution < 1.29 is 23.9 Å². The van der Waals surface area contributed by atoms with Gasteiger partial charge in [-0.15, -0.1) is 0 Å². The zero-order valence-electron chi connectivity index (χ0n) is 21.4. The Labute approximate surface area is 217 Å². The van der Waals surface area contributed by atoms with Crippen LogP contribution in [0.5, 0.6) is 11.5 Å². The van der Waals surface area contributed by atoms with Crippen LogP contribution in [-0.2, 0) is 14.4 Å². The Hall–Kier alpha value is -3.84. The van der Waals surface area contributed by atoms with Gasteiger partial charge in [-0.3, -0.25) is 14.4 Å². The van der Waals surface area contributed by atoms with Gasteiger partial charge in [0.15, 0.2) is 17.6 Å². The van der Waals surface area contributed by atoms with Crippen molar-refractivity contribution >= 4 is 23.2 Å². The fraction of sp³-hybridized carbons (Fsp3) is 0.333. The average molecular weight is 501 g/mol. The third-order valence-electron chi connectivity index (χ3n) is 6.78. The lowest BCUT2D eigenvalue weighted by Crippen LogP contribution is -2.37. The number of hydrogen-bond donors (Lipinski definition) is 0. The van der Waals surface area contributed by atoms with Crippen LogP contribution >= 0.6 is 0 Å². The van der Waals surface area contributed by atoms with E-state index in [1.54, 1.807) is 17.2 Å². The number of hydrogen-bond acceptors (Lipinski definition) is 6. The molecular formula is C30H32N2O5. The molecule has 7 nitrogen and oxygen atoms in total. The van der Waals surface area contributed by atoms with Crippen molar-refractivity contribution in [3.63, 3.8) is 0 Å². The van der Waals surface area contributed by atoms with Gasteiger partial charge in [0.05, 0.1) is 30.6 Å². The maximum absolute atomic E-state index is 13.8. The van der Waals surface area contributed by atoms with Gasteiger partial charge in [0, 0.05) is 0 Å². The molecule has 0 saturated carbocycles. The Kier molecular flexibility index (Phi) is 7.15. The summed E-state index contributed by atoms with van der Waals surface area (Å²) in [5, 5.41) is 1.69. The number of fused-ring (bicyclic) bond motifs is 1. The Morgan fingerprint density at radius 1 is 0.838 bits per heavy atom. The molecule has 3 aromatic carbocycles. The van der Waals surface area contributed by atoms with E-state index < -0.39 is 18.1 Å². The molecule has 0 aliphatic carbocycles. The van der Waals surface area contributed by atoms with Crippen LogP contribution in [0.3, 0.4) is 0 Å². The van der Waals surface area contributed by atoms with Crippen LogP contribution in [0.15, 0.2) is 72.8 Å². The van der Waals surface area contributed by atoms with Gasteiger partial charge in [0.2, 0.25) is 5.91 Å². The summed E-state index contributed by atoms with van der Waals surface area (Å²) in [5.41, 5.74) is 3.19. The third kappa shape index (κ3) is 4.67. The van der Waals surface area contributed by atoms with Crippen molar-refractivity contribution in [1.29, 1.82) is 0 Å². The average Bonchev–Trinajstić information content (AvgIpc) is 3.42. The van der Waals surface area contributed by atoms with Crippen LogP contribution in [-0.4, -0.2) is 31.1 Å². The number of anilines is 2. The first-order valence-electron chi connectivity index (χ1n) is 12.9. The van der Waals surface area contributed by atoms with Crippen LogP contribution in [0.1, 0.15) is 43.9 Å². The highest BCUT2D eigenvalue weighted by molar-refractivity contribution is 6.23. The molecule has 2 aliphatic rings. The lowest BCUT2D eigenvalue weighted by Gasteiger charge is -2.29. The van der Waals surface area contributed by atoms with Gasteiger partial charge in [-0.05, 0) is 62.2 Å². The summed E-state index contributed by atoms with van der Waals surface area (Å²) in [6.07, 6.45) is 1.06. The summed E-state index contributed by atoms with van der Waals surface area (Å²) in [7, 11) is 0. The molecule has 0 N–H and O–H groups in total. The van der Waals surface area contributed by atoms with E-state index in [1.807, 2.05) is 74.5 Å². The molecule has 3 atom stereocenters. The van der Waals surface area contributed by atoms with Crippen LogP contribution in [0.4, 0.5) is 11.4 Å². The van der Waals surface area contributed by atoms with Crippen molar-refractivity contribution in [1.82, 2.24) is 0 Å². The molecule has 0 radical (unpaired) electrons. The van der Waals surface area contributed by atoms with Crippen molar-refractivity contribution in [2.45, 2.75) is 45.8 Å². The number of carbonyl (C=O) groups excluding carboxylic acids is 2. The number of imide groups is 1. The summed E-state index contributed by atoms with van der Waals surface area (Å²) in [5.74, 6) is -0.0682. The topological polar surface area (TPSA) is 68.3 Å². The highest BCUT2D eigenvalue weighted by Gasteiger charge is 2.60. The van der Waals surface area contributed by atoms with E-state index in [0.717, 1.165) is 29.7 Å². The second-order valence-electron chi connectivity index (χ2n) is 9.35. The van der Waals surface area contributed by atoms with E-state index in [2.05, 4.69) is 6.92 Å². The molecule has 0 spiro atoms. The predicted octanol–water partition coefficient (Wildman–Crippen LogP) is 5.62. The molecule has 2 saturated heterocycles. The number of unbranched alkanes of at least 4 members (excludes halogenated alkanes) is 1. The zero-order chi connectivity index (χ0) is 25.9. The highest BCUT2D eigenvalue weighted by atomic mass is 16.7. The summed E-state index contributed by atoms with van der Waals surface area (Å²) in [6.45, 7) is 7.08. The van der Waals surface area contributed by atoms with E-state index in [-0.39, 0.29) is 11.8 Å². The Balaban J connectivity index is 1.55. The minimum Gasteiger partial charge on any atom is -0.490 e. The fourth-order valence-electron chi connectivity index (χ4n) is 4.92. The first-order valence-corrected chi connectivity index (χ1v) is 12.9. The SMILES string of the molecule is CCCCOc1ccc([C@@H]2[C@H]3C(=O)N(c4ccc(C)cc4)C(=O)[C@H]3ON2c2ccccc2)cc1OCC. The molecule has 192 valence electrons. The summed E-state index contributed by atoms with van der Waals surface area (Å²) in [6, 6.07) is 22.1. The lowest BCUT2D eigenvalue weighted by molar-refractivity contribution is -0.126. The summed E-state index contributed by atoms with van der Waals surface area (Å²) in [4.78, 5) is 34.9. The van der Waals surface area contributed by atoms with Crippen LogP contribution < -0.4 is 19.4 Å². The van der Waals surface area contributed by atoms with Gasteiger partial charge in [-0.2, -0.15) is 0 Å². The van der Waals surface area contributed by atoms with Crippen LogP contribution in [0.2, 0.25) is 0 Å². The van der Waals surface area contributed by atoms with Crippen molar-refractivity contribution in [2.75, 3.05) is 23.2 Å². The van der Waals surface area contributed by atoms with Gasteiger partial charge in [0.1, 0.15) is 5.92 Å². The first-order chi connectivity index (χ1) is 18.0. The van der Waals surface area contributed by atoms with E-state index in [0.29, 0.717) is 30.4 Å². The predicted molar refractivity (Wildman–Crippen MR) is 142 cm³/mol. The molecule has 7 heteroatoms. The first kappa shape index (κ1) is 24.8. The minimum absolute atomic E-state index is 0.275. The normalized spacial score (nSPS) is 20.9. The van der Waals surface area contributed by atoms with Crippen molar-refractivity contribution in [3.05, 3.63) is 83.9 Å². The van der Waals surface area contributed by atoms with Gasteiger partial charge in [-0.1, -0.05) is 55.3 Å². The number of amides is 2. The number of nitrogens with zero attached hydrogens (tertiary/aromatic N) is 2. The monoisotopic (exact) mass is 500 g/mol. The van der Waals surface area contributed by atoms with Crippen molar-refractivity contribution in [3.8, 4) is 11.5 Å². The number of aryl methyl sites for hydroxylation is 1. The number of hydroxylamine groups is 1. The van der Waals surface area contributed by atoms with E-state index >= 15 is 0 Å². The molecule has 2 fully saturated rings. The van der Waals surface area contributed by atoms with Gasteiger partial charge >= 0.3 is 0 Å². The molecule has 5 rings (SSSR count). The fourth-order valence-corrected chi connectivity index (χ4v) is 4.92. The molecule has 0 aromatic heterocycles. The largest absolute Gasteiger partial charge is 0.490 e. The highest BCUT2D eigenvalue weighted by Crippen LogP contribution is 2.48. The molecular weight excluding hydrogens is 468 g/mol. The molecule has 2 aliphatic heterocycles. The maximum Gasteiger partial charge on any atom is 0.266 e. The second kappa shape index (κ2) is 10.6. The Morgan fingerprint density at radius 3 is 2.30 bits per heavy atom. The van der Waals surface area contributed by atoms with Crippen LogP contribution in [0, 0.1) is 12.8 Å². The quantitative estimate of drug-likeness (QED) is 0.280. The van der Waals surface area contributed by atoms with Gasteiger partial charge in [0.25, 0.3) is 5.91 Å². The smallest absolute Gasteiger partial charge is 0.266 e. The summed E-state index contributed by atoms with van der Waals surface area (Å²) >= 11 is 0. The van der Waals surface area contributed by atoms with Gasteiger partial charge < -0.3 is 9.47 Å². The molecule has 2 heterocycles. The second-order valence-corrected chi connectivity index (χ2v) is 9.35. The Morgan fingerprint density at radius 2 is 1.59 bits per heavy atom. The van der Waals surface area contributed by atoms with Gasteiger partial charge in [-0.25, -0.2) is 9.96 Å². The number of ether oxygens (including phenoxy) is 2. The maximum atomic E-state index is 13.8. The zero-order valence-corrected chi connectivity index (χ0v) is 21.4. The van der Waals surface area contributed by atoms with Crippen molar-refractivity contribution in [2.24, 2.45) is 5.92 Å². The van der Waals surface area contributed by atoms with Crippen LogP contribution in [0.25, 0.3) is 0 Å². The number of para-hydroxylation sites is 1. The Bertz CT molecular complexity index is 1260. The number of rotatable bonds is 9. The molecule has 0 bridgehead atoms. The molecule has 2 amide bonds. The molecule has 37 heavy (non-hydrogen) atoms. The molecule has 3 aromatic rings. The number of benzene rings is 3.